The predicted octanol–water partition coefficient (Wildman–Crippen LogP) is 0.621. The second-order valence-corrected chi connectivity index (χ2v) is 5.37. The van der Waals surface area contributed by atoms with Gasteiger partial charge in [0, 0.05) is 18.8 Å². The van der Waals surface area contributed by atoms with Crippen LogP contribution in [0.15, 0.2) is 24.3 Å². The minimum absolute atomic E-state index is 0.0244. The van der Waals surface area contributed by atoms with Crippen molar-refractivity contribution in [3.8, 4) is 5.75 Å². The zero-order valence-corrected chi connectivity index (χ0v) is 14.1. The summed E-state index contributed by atoms with van der Waals surface area (Å²) in [4.78, 5) is 25.5. The van der Waals surface area contributed by atoms with Crippen molar-refractivity contribution in [3.63, 3.8) is 0 Å². The Kier molecular flexibility index (Phi) is 7.02. The van der Waals surface area contributed by atoms with E-state index in [-0.39, 0.29) is 18.6 Å². The van der Waals surface area contributed by atoms with Gasteiger partial charge in [0.15, 0.2) is 0 Å². The van der Waals surface area contributed by atoms with Gasteiger partial charge in [-0.2, -0.15) is 0 Å². The maximum absolute atomic E-state index is 12.0. The monoisotopic (exact) mass is 336 g/mol. The Hall–Kier alpha value is -2.12. The molecule has 2 rings (SSSR count). The average molecular weight is 336 g/mol. The van der Waals surface area contributed by atoms with Gasteiger partial charge in [-0.25, -0.2) is 0 Å². The summed E-state index contributed by atoms with van der Waals surface area (Å²) in [5.41, 5.74) is 0.732. The van der Waals surface area contributed by atoms with E-state index in [2.05, 4.69) is 5.32 Å². The predicted molar refractivity (Wildman–Crippen MR) is 89.4 cm³/mol. The van der Waals surface area contributed by atoms with Crippen molar-refractivity contribution < 1.29 is 23.8 Å². The molecule has 0 radical (unpaired) electrons. The number of benzene rings is 1. The first-order chi connectivity index (χ1) is 11.7. The molecule has 7 nitrogen and oxygen atoms in total. The molecule has 0 saturated carbocycles. The highest BCUT2D eigenvalue weighted by Crippen LogP contribution is 2.23. The molecule has 1 aliphatic heterocycles. The van der Waals surface area contributed by atoms with Crippen LogP contribution in [0.5, 0.6) is 5.75 Å². The smallest absolute Gasteiger partial charge is 0.325 e. The van der Waals surface area contributed by atoms with Crippen LogP contribution in [0.3, 0.4) is 0 Å². The normalized spacial score (nSPS) is 18.5. The van der Waals surface area contributed by atoms with Crippen molar-refractivity contribution >= 4 is 17.9 Å². The molecule has 0 bridgehead atoms. The Morgan fingerprint density at radius 2 is 2.21 bits per heavy atom. The molecule has 2 unspecified atom stereocenters. The summed E-state index contributed by atoms with van der Waals surface area (Å²) in [5, 5.41) is 3.21. The molecule has 24 heavy (non-hydrogen) atoms. The fraction of sp³-hybridized carbons (Fsp3) is 0.529. The van der Waals surface area contributed by atoms with E-state index in [1.807, 2.05) is 12.1 Å². The second kappa shape index (κ2) is 9.24. The summed E-state index contributed by atoms with van der Waals surface area (Å²) in [6.45, 7) is 3.86. The Morgan fingerprint density at radius 3 is 2.75 bits per heavy atom. The molecule has 0 aliphatic carbocycles. The third kappa shape index (κ3) is 4.69. The Morgan fingerprint density at radius 1 is 1.46 bits per heavy atom. The molecular formula is C17H24N2O5. The number of hydrogen-bond donors (Lipinski definition) is 1. The molecule has 0 amide bonds. The first kappa shape index (κ1) is 18.2. The zero-order valence-electron chi connectivity index (χ0n) is 14.1. The average Bonchev–Trinajstić information content (AvgIpc) is 2.63. The van der Waals surface area contributed by atoms with Crippen LogP contribution in [0.2, 0.25) is 0 Å². The molecular weight excluding hydrogens is 312 g/mol. The van der Waals surface area contributed by atoms with Crippen LogP contribution in [0.4, 0.5) is 5.69 Å². The van der Waals surface area contributed by atoms with E-state index in [0.717, 1.165) is 18.5 Å². The van der Waals surface area contributed by atoms with Gasteiger partial charge in [-0.15, -0.1) is 0 Å². The van der Waals surface area contributed by atoms with E-state index in [4.69, 9.17) is 14.2 Å². The number of carbonyl (C=O) groups is 2. The van der Waals surface area contributed by atoms with Gasteiger partial charge in [0.05, 0.1) is 26.4 Å². The van der Waals surface area contributed by atoms with Crippen molar-refractivity contribution in [2.75, 3.05) is 44.9 Å². The Labute approximate surface area is 141 Å². The van der Waals surface area contributed by atoms with E-state index in [9.17, 15) is 9.59 Å². The molecule has 1 heterocycles. The number of ether oxygens (including phenoxy) is 3. The number of nitrogens with zero attached hydrogens (tertiary/aromatic N) is 1. The van der Waals surface area contributed by atoms with Crippen molar-refractivity contribution in [1.29, 1.82) is 0 Å². The van der Waals surface area contributed by atoms with Crippen LogP contribution in [0, 0.1) is 0 Å². The van der Waals surface area contributed by atoms with Gasteiger partial charge < -0.3 is 29.2 Å². The summed E-state index contributed by atoms with van der Waals surface area (Å²) in [6.07, 6.45) is 0.494. The van der Waals surface area contributed by atoms with Gasteiger partial charge in [-0.05, 0) is 31.2 Å². The summed E-state index contributed by atoms with van der Waals surface area (Å²) in [7, 11) is 1.58. The molecule has 1 aliphatic rings. The molecule has 7 heteroatoms. The van der Waals surface area contributed by atoms with Crippen molar-refractivity contribution in [1.82, 2.24) is 5.32 Å². The lowest BCUT2D eigenvalue weighted by Gasteiger charge is -2.36. The SMILES string of the molecule is CCOC(=O)CN(c1ccc(OC)cc1)C(C=O)C1CNCCO1. The lowest BCUT2D eigenvalue weighted by molar-refractivity contribution is -0.141. The number of nitrogens with one attached hydrogen (secondary N) is 1. The number of morpholine rings is 1. The summed E-state index contributed by atoms with van der Waals surface area (Å²) < 4.78 is 15.9. The molecule has 1 aromatic rings. The standard InChI is InChI=1S/C17H24N2O5/c1-3-23-17(21)11-19(13-4-6-14(22-2)7-5-13)15(12-20)16-10-18-8-9-24-16/h4-7,12,15-16,18H,3,8-11H2,1-2H3. The van der Waals surface area contributed by atoms with Crippen LogP contribution >= 0.6 is 0 Å². The van der Waals surface area contributed by atoms with Crippen LogP contribution < -0.4 is 15.0 Å². The minimum Gasteiger partial charge on any atom is -0.497 e. The highest BCUT2D eigenvalue weighted by molar-refractivity contribution is 5.79. The number of esters is 1. The maximum atomic E-state index is 12.0. The number of anilines is 1. The minimum atomic E-state index is -0.587. The third-order valence-corrected chi connectivity index (χ3v) is 3.85. The fourth-order valence-corrected chi connectivity index (χ4v) is 2.66. The van der Waals surface area contributed by atoms with Gasteiger partial charge in [0.2, 0.25) is 0 Å². The highest BCUT2D eigenvalue weighted by atomic mass is 16.5. The van der Waals surface area contributed by atoms with Gasteiger partial charge in [0.1, 0.15) is 24.6 Å². The summed E-state index contributed by atoms with van der Waals surface area (Å²) >= 11 is 0. The van der Waals surface area contributed by atoms with Crippen LogP contribution in [-0.2, 0) is 19.1 Å². The summed E-state index contributed by atoms with van der Waals surface area (Å²) in [6, 6.07) is 6.61. The molecule has 2 atom stereocenters. The topological polar surface area (TPSA) is 77.1 Å². The zero-order chi connectivity index (χ0) is 17.4. The number of methoxy groups -OCH3 is 1. The number of hydrogen-bond acceptors (Lipinski definition) is 7. The third-order valence-electron chi connectivity index (χ3n) is 3.85. The number of aldehydes is 1. The lowest BCUT2D eigenvalue weighted by Crippen LogP contribution is -2.54. The molecule has 1 N–H and O–H groups in total. The van der Waals surface area contributed by atoms with E-state index in [1.165, 1.54) is 0 Å². The van der Waals surface area contributed by atoms with E-state index >= 15 is 0 Å². The molecule has 0 spiro atoms. The molecule has 1 fully saturated rings. The lowest BCUT2D eigenvalue weighted by atomic mass is 10.1. The van der Waals surface area contributed by atoms with Crippen molar-refractivity contribution in [2.45, 2.75) is 19.1 Å². The number of carbonyl (C=O) groups excluding carboxylic acids is 2. The summed E-state index contributed by atoms with van der Waals surface area (Å²) in [5.74, 6) is 0.317. The maximum Gasteiger partial charge on any atom is 0.325 e. The van der Waals surface area contributed by atoms with Gasteiger partial charge in [0.25, 0.3) is 0 Å². The van der Waals surface area contributed by atoms with Gasteiger partial charge >= 0.3 is 5.97 Å². The van der Waals surface area contributed by atoms with Crippen molar-refractivity contribution in [2.24, 2.45) is 0 Å². The highest BCUT2D eigenvalue weighted by Gasteiger charge is 2.31. The Bertz CT molecular complexity index is 528. The number of rotatable bonds is 8. The van der Waals surface area contributed by atoms with Crippen LogP contribution in [0.1, 0.15) is 6.92 Å². The van der Waals surface area contributed by atoms with Crippen molar-refractivity contribution in [3.05, 3.63) is 24.3 Å². The van der Waals surface area contributed by atoms with Crippen LogP contribution in [0.25, 0.3) is 0 Å². The van der Waals surface area contributed by atoms with E-state index < -0.39 is 6.04 Å². The Balaban J connectivity index is 2.24. The molecule has 0 aromatic heterocycles. The van der Waals surface area contributed by atoms with Gasteiger partial charge in [-0.3, -0.25) is 4.79 Å². The first-order valence-corrected chi connectivity index (χ1v) is 8.03. The molecule has 132 valence electrons. The fourth-order valence-electron chi connectivity index (χ4n) is 2.66. The molecule has 1 saturated heterocycles. The van der Waals surface area contributed by atoms with Crippen LogP contribution in [-0.4, -0.2) is 64.4 Å². The first-order valence-electron chi connectivity index (χ1n) is 8.03. The quantitative estimate of drug-likeness (QED) is 0.551. The largest absolute Gasteiger partial charge is 0.497 e. The molecule has 1 aromatic carbocycles. The van der Waals surface area contributed by atoms with Gasteiger partial charge in [-0.1, -0.05) is 0 Å². The van der Waals surface area contributed by atoms with E-state index in [0.29, 0.717) is 25.5 Å². The second-order valence-electron chi connectivity index (χ2n) is 5.37. The van der Waals surface area contributed by atoms with E-state index in [1.54, 1.807) is 31.1 Å².